The molecule has 2 aromatic rings. The fourth-order valence-corrected chi connectivity index (χ4v) is 4.11. The van der Waals surface area contributed by atoms with Crippen molar-refractivity contribution < 1.29 is 9.53 Å². The minimum atomic E-state index is 0.155. The van der Waals surface area contributed by atoms with E-state index < -0.39 is 0 Å². The highest BCUT2D eigenvalue weighted by Crippen LogP contribution is 2.32. The molecule has 4 heteroatoms. The number of nitrogens with zero attached hydrogens (tertiary/aromatic N) is 2. The number of carbonyl (C=O) groups excluding carboxylic acids is 1. The Hall–Kier alpha value is -2.59. The van der Waals surface area contributed by atoms with Gasteiger partial charge in [0.25, 0.3) is 0 Å². The van der Waals surface area contributed by atoms with Gasteiger partial charge in [-0.2, -0.15) is 0 Å². The number of hydrogen-bond donors (Lipinski definition) is 0. The van der Waals surface area contributed by atoms with Gasteiger partial charge in [0.1, 0.15) is 5.75 Å². The molecule has 1 aliphatic heterocycles. The number of piperazine rings is 1. The minimum Gasteiger partial charge on any atom is -0.496 e. The summed E-state index contributed by atoms with van der Waals surface area (Å²) >= 11 is 0. The summed E-state index contributed by atoms with van der Waals surface area (Å²) < 4.78 is 5.53. The van der Waals surface area contributed by atoms with E-state index in [2.05, 4.69) is 68.0 Å². The van der Waals surface area contributed by atoms with Crippen molar-refractivity contribution >= 4 is 23.1 Å². The van der Waals surface area contributed by atoms with E-state index >= 15 is 0 Å². The largest absolute Gasteiger partial charge is 0.496 e. The number of methoxy groups -OCH3 is 1. The van der Waals surface area contributed by atoms with Crippen LogP contribution in [-0.2, 0) is 4.79 Å². The van der Waals surface area contributed by atoms with E-state index in [1.54, 1.807) is 7.11 Å². The van der Waals surface area contributed by atoms with E-state index in [9.17, 15) is 4.79 Å². The van der Waals surface area contributed by atoms with E-state index in [-0.39, 0.29) is 5.78 Å². The first kappa shape index (κ1) is 23.1. The van der Waals surface area contributed by atoms with Gasteiger partial charge in [-0.1, -0.05) is 32.9 Å². The molecule has 3 rings (SSSR count). The zero-order valence-corrected chi connectivity index (χ0v) is 19.9. The van der Waals surface area contributed by atoms with Gasteiger partial charge in [0.05, 0.1) is 7.11 Å². The van der Waals surface area contributed by atoms with Gasteiger partial charge in [0.2, 0.25) is 0 Å². The van der Waals surface area contributed by atoms with Gasteiger partial charge < -0.3 is 14.5 Å². The smallest absolute Gasteiger partial charge is 0.163 e. The van der Waals surface area contributed by atoms with Gasteiger partial charge in [0.15, 0.2) is 5.78 Å². The van der Waals surface area contributed by atoms with Crippen molar-refractivity contribution in [1.29, 1.82) is 0 Å². The summed E-state index contributed by atoms with van der Waals surface area (Å²) in [4.78, 5) is 17.7. The van der Waals surface area contributed by atoms with Crippen LogP contribution < -0.4 is 9.64 Å². The Bertz CT molecular complexity index is 954. The van der Waals surface area contributed by atoms with Gasteiger partial charge >= 0.3 is 0 Å². The number of aryl methyl sites for hydroxylation is 1. The molecule has 0 atom stereocenters. The molecule has 0 saturated carbocycles. The zero-order chi connectivity index (χ0) is 22.5. The van der Waals surface area contributed by atoms with Gasteiger partial charge in [-0.05, 0) is 72.5 Å². The molecule has 1 saturated heterocycles. The van der Waals surface area contributed by atoms with Crippen LogP contribution in [0.2, 0.25) is 0 Å². The summed E-state index contributed by atoms with van der Waals surface area (Å²) in [6.45, 7) is 12.6. The van der Waals surface area contributed by atoms with Crippen molar-refractivity contribution in [2.75, 3.05) is 45.2 Å². The van der Waals surface area contributed by atoms with E-state index in [0.717, 1.165) is 54.2 Å². The minimum absolute atomic E-state index is 0.155. The summed E-state index contributed by atoms with van der Waals surface area (Å²) in [5.74, 6) is 1.34. The van der Waals surface area contributed by atoms with Crippen LogP contribution in [0.3, 0.4) is 0 Å². The first-order valence-electron chi connectivity index (χ1n) is 11.3. The molecule has 1 heterocycles. The highest BCUT2D eigenvalue weighted by Gasteiger charge is 2.17. The molecule has 1 aliphatic rings. The lowest BCUT2D eigenvalue weighted by atomic mass is 9.92. The number of benzene rings is 2. The summed E-state index contributed by atoms with van der Waals surface area (Å²) in [6.07, 6.45) is 2.54. The molecule has 0 aromatic heterocycles. The third-order valence-electron chi connectivity index (χ3n) is 6.21. The summed E-state index contributed by atoms with van der Waals surface area (Å²) in [7, 11) is 3.87. The van der Waals surface area contributed by atoms with Crippen LogP contribution in [0.4, 0.5) is 5.69 Å². The molecule has 2 aromatic carbocycles. The van der Waals surface area contributed by atoms with Gasteiger partial charge in [-0.15, -0.1) is 0 Å². The molecule has 0 aliphatic carbocycles. The Kier molecular flexibility index (Phi) is 7.55. The van der Waals surface area contributed by atoms with Crippen molar-refractivity contribution in [3.63, 3.8) is 0 Å². The standard InChI is InChI=1S/C27H36N2O2/c1-7-26(30)25(22-9-11-27(31-6)24(18-22)19(2)3)17-21-8-10-23(16-20(21)4)29-14-12-28(5)13-15-29/h8-11,16-19H,7,12-15H2,1-6H3/b25-17-. The normalized spacial score (nSPS) is 15.5. The van der Waals surface area contributed by atoms with Crippen LogP contribution in [0.15, 0.2) is 36.4 Å². The third-order valence-corrected chi connectivity index (χ3v) is 6.21. The maximum Gasteiger partial charge on any atom is 0.163 e. The number of hydrogen-bond acceptors (Lipinski definition) is 4. The van der Waals surface area contributed by atoms with Crippen LogP contribution >= 0.6 is 0 Å². The number of ketones is 1. The fraction of sp³-hybridized carbons (Fsp3) is 0.444. The Morgan fingerprint density at radius 3 is 2.39 bits per heavy atom. The number of Topliss-reactive ketones (excluding diaryl/α,β-unsaturated/α-hetero) is 1. The van der Waals surface area contributed by atoms with E-state index in [0.29, 0.717) is 12.3 Å². The second kappa shape index (κ2) is 10.1. The fourth-order valence-electron chi connectivity index (χ4n) is 4.11. The Balaban J connectivity index is 1.97. The second-order valence-corrected chi connectivity index (χ2v) is 8.78. The molecule has 0 spiro atoms. The van der Waals surface area contributed by atoms with Crippen LogP contribution in [0.5, 0.6) is 5.75 Å². The second-order valence-electron chi connectivity index (χ2n) is 8.78. The van der Waals surface area contributed by atoms with Crippen LogP contribution in [0.1, 0.15) is 55.4 Å². The van der Waals surface area contributed by atoms with Gasteiger partial charge in [-0.3, -0.25) is 4.79 Å². The monoisotopic (exact) mass is 420 g/mol. The first-order valence-corrected chi connectivity index (χ1v) is 11.3. The van der Waals surface area contributed by atoms with Crippen LogP contribution in [-0.4, -0.2) is 51.0 Å². The Labute approximate surface area is 187 Å². The third kappa shape index (κ3) is 5.37. The SMILES string of the molecule is CCC(=O)/C(=C\c1ccc(N2CCN(C)CC2)cc1C)c1ccc(OC)c(C(C)C)c1. The molecule has 166 valence electrons. The summed E-state index contributed by atoms with van der Waals surface area (Å²) in [5, 5.41) is 0. The molecular weight excluding hydrogens is 384 g/mol. The summed E-state index contributed by atoms with van der Waals surface area (Å²) in [6, 6.07) is 12.7. The van der Waals surface area contributed by atoms with E-state index in [4.69, 9.17) is 4.74 Å². The van der Waals surface area contributed by atoms with E-state index in [1.807, 2.05) is 19.1 Å². The molecular formula is C27H36N2O2. The van der Waals surface area contributed by atoms with Crippen LogP contribution in [0, 0.1) is 6.92 Å². The number of rotatable bonds is 7. The quantitative estimate of drug-likeness (QED) is 0.444. The van der Waals surface area contributed by atoms with E-state index in [1.165, 1.54) is 11.3 Å². The highest BCUT2D eigenvalue weighted by atomic mass is 16.5. The predicted molar refractivity (Wildman–Crippen MR) is 131 cm³/mol. The van der Waals surface area contributed by atoms with Gasteiger partial charge in [-0.25, -0.2) is 0 Å². The topological polar surface area (TPSA) is 32.8 Å². The number of likely N-dealkylation sites (N-methyl/N-ethyl adjacent to an activating group) is 1. The maximum absolute atomic E-state index is 12.9. The van der Waals surface area contributed by atoms with Crippen molar-refractivity contribution in [2.45, 2.75) is 40.0 Å². The molecule has 1 fully saturated rings. The van der Waals surface area contributed by atoms with Crippen molar-refractivity contribution in [3.05, 3.63) is 58.7 Å². The molecule has 0 N–H and O–H groups in total. The van der Waals surface area contributed by atoms with Gasteiger partial charge in [0, 0.05) is 43.9 Å². The highest BCUT2D eigenvalue weighted by molar-refractivity contribution is 6.25. The number of allylic oxidation sites excluding steroid dienone is 1. The lowest BCUT2D eigenvalue weighted by molar-refractivity contribution is -0.113. The Morgan fingerprint density at radius 1 is 1.10 bits per heavy atom. The lowest BCUT2D eigenvalue weighted by Crippen LogP contribution is -2.44. The first-order chi connectivity index (χ1) is 14.8. The van der Waals surface area contributed by atoms with Crippen molar-refractivity contribution in [2.24, 2.45) is 0 Å². The maximum atomic E-state index is 12.9. The summed E-state index contributed by atoms with van der Waals surface area (Å²) in [5.41, 5.74) is 6.39. The zero-order valence-electron chi connectivity index (χ0n) is 19.9. The predicted octanol–water partition coefficient (Wildman–Crippen LogP) is 5.40. The number of anilines is 1. The van der Waals surface area contributed by atoms with Crippen molar-refractivity contribution in [3.8, 4) is 5.75 Å². The molecule has 0 bridgehead atoms. The van der Waals surface area contributed by atoms with Crippen LogP contribution in [0.25, 0.3) is 11.6 Å². The Morgan fingerprint density at radius 2 is 1.81 bits per heavy atom. The molecule has 0 radical (unpaired) electrons. The average Bonchev–Trinajstić information content (AvgIpc) is 2.77. The number of carbonyl (C=O) groups is 1. The lowest BCUT2D eigenvalue weighted by Gasteiger charge is -2.34. The molecule has 31 heavy (non-hydrogen) atoms. The number of ether oxygens (including phenoxy) is 1. The molecule has 0 amide bonds. The molecule has 0 unspecified atom stereocenters. The molecule has 4 nitrogen and oxygen atoms in total. The average molecular weight is 421 g/mol. The van der Waals surface area contributed by atoms with Crippen molar-refractivity contribution in [1.82, 2.24) is 4.90 Å².